The Morgan fingerprint density at radius 1 is 1.35 bits per heavy atom. The summed E-state index contributed by atoms with van der Waals surface area (Å²) >= 11 is 0. The number of hydrogen-bond acceptors (Lipinski definition) is 1. The lowest BCUT2D eigenvalue weighted by Gasteiger charge is -2.13. The van der Waals surface area contributed by atoms with E-state index in [0.29, 0.717) is 6.04 Å². The first-order chi connectivity index (χ1) is 8.19. The molecule has 94 valence electrons. The second kappa shape index (κ2) is 5.63. The minimum Gasteiger partial charge on any atom is -0.311 e. The Balaban J connectivity index is 1.74. The van der Waals surface area contributed by atoms with Gasteiger partial charge in [-0.05, 0) is 49.8 Å². The van der Waals surface area contributed by atoms with Crippen molar-refractivity contribution in [2.24, 2.45) is 5.92 Å². The highest BCUT2D eigenvalue weighted by Gasteiger charge is 2.36. The maximum absolute atomic E-state index is 12.8. The van der Waals surface area contributed by atoms with Crippen molar-refractivity contribution < 1.29 is 4.39 Å². The van der Waals surface area contributed by atoms with E-state index in [1.165, 1.54) is 24.8 Å². The van der Waals surface area contributed by atoms with Crippen molar-refractivity contribution in [2.45, 2.75) is 51.6 Å². The number of rotatable bonds is 6. The fourth-order valence-corrected chi connectivity index (χ4v) is 2.54. The van der Waals surface area contributed by atoms with Crippen LogP contribution in [0.2, 0.25) is 0 Å². The standard InChI is InChI=1S/C15H22FN/c1-3-4-13-10-15(13)17-11(2)9-12-5-7-14(16)8-6-12/h5-8,11,13,15,17H,3-4,9-10H2,1-2H3. The first-order valence-corrected chi connectivity index (χ1v) is 6.69. The van der Waals surface area contributed by atoms with Gasteiger partial charge < -0.3 is 5.32 Å². The molecule has 2 rings (SSSR count). The topological polar surface area (TPSA) is 12.0 Å². The summed E-state index contributed by atoms with van der Waals surface area (Å²) in [6.45, 7) is 4.46. The largest absolute Gasteiger partial charge is 0.311 e. The van der Waals surface area contributed by atoms with E-state index in [1.54, 1.807) is 12.1 Å². The van der Waals surface area contributed by atoms with E-state index in [9.17, 15) is 4.39 Å². The third-order valence-corrected chi connectivity index (χ3v) is 3.54. The zero-order valence-corrected chi connectivity index (χ0v) is 10.7. The quantitative estimate of drug-likeness (QED) is 0.795. The fraction of sp³-hybridized carbons (Fsp3) is 0.600. The summed E-state index contributed by atoms with van der Waals surface area (Å²) in [6, 6.07) is 8.05. The molecule has 3 unspecified atom stereocenters. The normalized spacial score (nSPS) is 24.6. The third kappa shape index (κ3) is 3.81. The Labute approximate surface area is 103 Å². The molecule has 0 spiro atoms. The van der Waals surface area contributed by atoms with E-state index in [2.05, 4.69) is 19.2 Å². The smallest absolute Gasteiger partial charge is 0.123 e. The average Bonchev–Trinajstić information content (AvgIpc) is 3.00. The molecule has 1 nitrogen and oxygen atoms in total. The van der Waals surface area contributed by atoms with E-state index < -0.39 is 0 Å². The van der Waals surface area contributed by atoms with Gasteiger partial charge in [-0.3, -0.25) is 0 Å². The highest BCUT2D eigenvalue weighted by molar-refractivity contribution is 5.17. The molecule has 0 saturated heterocycles. The maximum atomic E-state index is 12.8. The van der Waals surface area contributed by atoms with Gasteiger partial charge in [0.25, 0.3) is 0 Å². The molecule has 1 aliphatic rings. The number of halogens is 1. The van der Waals surface area contributed by atoms with E-state index in [1.807, 2.05) is 12.1 Å². The molecule has 0 bridgehead atoms. The Hall–Kier alpha value is -0.890. The van der Waals surface area contributed by atoms with Crippen LogP contribution in [-0.2, 0) is 6.42 Å². The van der Waals surface area contributed by atoms with Crippen LogP contribution in [0.3, 0.4) is 0 Å². The molecule has 2 heteroatoms. The molecule has 1 N–H and O–H groups in total. The Kier molecular flexibility index (Phi) is 4.16. The summed E-state index contributed by atoms with van der Waals surface area (Å²) in [5, 5.41) is 3.66. The monoisotopic (exact) mass is 235 g/mol. The highest BCUT2D eigenvalue weighted by Crippen LogP contribution is 2.34. The molecule has 0 aromatic heterocycles. The van der Waals surface area contributed by atoms with Crippen LogP contribution < -0.4 is 5.32 Å². The number of hydrogen-bond donors (Lipinski definition) is 1. The van der Waals surface area contributed by atoms with Crippen LogP contribution in [0.25, 0.3) is 0 Å². The van der Waals surface area contributed by atoms with Crippen molar-refractivity contribution in [1.29, 1.82) is 0 Å². The summed E-state index contributed by atoms with van der Waals surface area (Å²) in [5.41, 5.74) is 1.21. The Bertz CT molecular complexity index is 346. The second-order valence-corrected chi connectivity index (χ2v) is 5.29. The molecule has 1 aliphatic carbocycles. The molecule has 1 aromatic rings. The van der Waals surface area contributed by atoms with Gasteiger partial charge in [-0.25, -0.2) is 4.39 Å². The third-order valence-electron chi connectivity index (χ3n) is 3.54. The van der Waals surface area contributed by atoms with Gasteiger partial charge in [0.15, 0.2) is 0 Å². The summed E-state index contributed by atoms with van der Waals surface area (Å²) in [6.07, 6.45) is 4.95. The van der Waals surface area contributed by atoms with Crippen molar-refractivity contribution in [3.8, 4) is 0 Å². The molecule has 17 heavy (non-hydrogen) atoms. The molecule has 1 aromatic carbocycles. The molecule has 1 fully saturated rings. The number of nitrogens with one attached hydrogen (secondary N) is 1. The summed E-state index contributed by atoms with van der Waals surface area (Å²) < 4.78 is 12.8. The summed E-state index contributed by atoms with van der Waals surface area (Å²) in [7, 11) is 0. The van der Waals surface area contributed by atoms with Gasteiger partial charge in [0.05, 0.1) is 0 Å². The second-order valence-electron chi connectivity index (χ2n) is 5.29. The van der Waals surface area contributed by atoms with E-state index >= 15 is 0 Å². The van der Waals surface area contributed by atoms with Gasteiger partial charge in [0.2, 0.25) is 0 Å². The van der Waals surface area contributed by atoms with Gasteiger partial charge >= 0.3 is 0 Å². The van der Waals surface area contributed by atoms with Gasteiger partial charge in [-0.2, -0.15) is 0 Å². The van der Waals surface area contributed by atoms with Crippen molar-refractivity contribution in [1.82, 2.24) is 5.32 Å². The van der Waals surface area contributed by atoms with E-state index in [-0.39, 0.29) is 5.82 Å². The Morgan fingerprint density at radius 3 is 2.71 bits per heavy atom. The zero-order valence-electron chi connectivity index (χ0n) is 10.7. The average molecular weight is 235 g/mol. The van der Waals surface area contributed by atoms with E-state index in [0.717, 1.165) is 18.4 Å². The first kappa shape index (κ1) is 12.6. The summed E-state index contributed by atoms with van der Waals surface area (Å²) in [5.74, 6) is 0.746. The predicted octanol–water partition coefficient (Wildman–Crippen LogP) is 3.53. The molecule has 0 radical (unpaired) electrons. The first-order valence-electron chi connectivity index (χ1n) is 6.69. The molecular formula is C15H22FN. The highest BCUT2D eigenvalue weighted by atomic mass is 19.1. The SMILES string of the molecule is CCCC1CC1NC(C)Cc1ccc(F)cc1. The minimum atomic E-state index is -0.153. The van der Waals surface area contributed by atoms with Gasteiger partial charge in [-0.1, -0.05) is 25.5 Å². The predicted molar refractivity (Wildman–Crippen MR) is 69.5 cm³/mol. The molecule has 0 aliphatic heterocycles. The van der Waals surface area contributed by atoms with Crippen LogP contribution >= 0.6 is 0 Å². The lowest BCUT2D eigenvalue weighted by molar-refractivity contribution is 0.510. The Morgan fingerprint density at radius 2 is 2.06 bits per heavy atom. The van der Waals surface area contributed by atoms with Crippen molar-refractivity contribution in [3.05, 3.63) is 35.6 Å². The molecular weight excluding hydrogens is 213 g/mol. The van der Waals surface area contributed by atoms with Crippen LogP contribution in [0.4, 0.5) is 4.39 Å². The van der Waals surface area contributed by atoms with Crippen LogP contribution in [0.15, 0.2) is 24.3 Å². The lowest BCUT2D eigenvalue weighted by Crippen LogP contribution is -2.31. The lowest BCUT2D eigenvalue weighted by atomic mass is 10.1. The summed E-state index contributed by atoms with van der Waals surface area (Å²) in [4.78, 5) is 0. The van der Waals surface area contributed by atoms with E-state index in [4.69, 9.17) is 0 Å². The zero-order chi connectivity index (χ0) is 12.3. The van der Waals surface area contributed by atoms with Gasteiger partial charge in [0.1, 0.15) is 5.82 Å². The number of benzene rings is 1. The maximum Gasteiger partial charge on any atom is 0.123 e. The van der Waals surface area contributed by atoms with Crippen LogP contribution in [0.1, 0.15) is 38.7 Å². The molecule has 1 saturated carbocycles. The van der Waals surface area contributed by atoms with Gasteiger partial charge in [-0.15, -0.1) is 0 Å². The van der Waals surface area contributed by atoms with Gasteiger partial charge in [0, 0.05) is 12.1 Å². The molecule has 3 atom stereocenters. The van der Waals surface area contributed by atoms with Crippen molar-refractivity contribution >= 4 is 0 Å². The van der Waals surface area contributed by atoms with Crippen molar-refractivity contribution in [2.75, 3.05) is 0 Å². The molecule has 0 heterocycles. The van der Waals surface area contributed by atoms with Crippen LogP contribution in [0.5, 0.6) is 0 Å². The molecule has 0 amide bonds. The minimum absolute atomic E-state index is 0.153. The van der Waals surface area contributed by atoms with Crippen LogP contribution in [-0.4, -0.2) is 12.1 Å². The van der Waals surface area contributed by atoms with Crippen molar-refractivity contribution in [3.63, 3.8) is 0 Å². The van der Waals surface area contributed by atoms with Crippen LogP contribution in [0, 0.1) is 11.7 Å². The fourth-order valence-electron chi connectivity index (χ4n) is 2.54.